The number of phenolic OH excluding ortho intramolecular Hbond substituents is 1. The summed E-state index contributed by atoms with van der Waals surface area (Å²) in [6.45, 7) is 0. The Balaban J connectivity index is 1.66. The van der Waals surface area contributed by atoms with Gasteiger partial charge in [-0.15, -0.1) is 0 Å². The van der Waals surface area contributed by atoms with Crippen molar-refractivity contribution in [2.75, 3.05) is 5.32 Å². The van der Waals surface area contributed by atoms with Gasteiger partial charge in [-0.05, 0) is 36.4 Å². The number of para-hydroxylation sites is 1. The van der Waals surface area contributed by atoms with Gasteiger partial charge in [-0.25, -0.2) is 4.99 Å². The molecule has 1 aliphatic heterocycles. The topological polar surface area (TPSA) is 78.8 Å². The van der Waals surface area contributed by atoms with E-state index in [1.54, 1.807) is 12.1 Å². The number of aliphatic imine (C=N–C) groups is 1. The predicted molar refractivity (Wildman–Crippen MR) is 95.7 cm³/mol. The van der Waals surface area contributed by atoms with Crippen molar-refractivity contribution in [2.45, 2.75) is 17.8 Å². The second-order valence-electron chi connectivity index (χ2n) is 5.70. The molecular weight excluding hydrogens is 381 g/mol. The van der Waals surface area contributed by atoms with E-state index in [1.165, 1.54) is 24.3 Å². The van der Waals surface area contributed by atoms with Crippen molar-refractivity contribution < 1.29 is 27.9 Å². The molecular formula is C18H13F3N2O3S. The van der Waals surface area contributed by atoms with Crippen molar-refractivity contribution in [3.8, 4) is 5.75 Å². The van der Waals surface area contributed by atoms with Crippen molar-refractivity contribution in [1.29, 1.82) is 0 Å². The number of benzene rings is 2. The highest BCUT2D eigenvalue weighted by Crippen LogP contribution is 2.35. The summed E-state index contributed by atoms with van der Waals surface area (Å²) in [7, 11) is 0. The monoisotopic (exact) mass is 394 g/mol. The molecule has 1 heterocycles. The van der Waals surface area contributed by atoms with Gasteiger partial charge in [0.2, 0.25) is 5.91 Å². The van der Waals surface area contributed by atoms with Crippen LogP contribution in [-0.4, -0.2) is 27.2 Å². The van der Waals surface area contributed by atoms with Crippen LogP contribution in [0.2, 0.25) is 0 Å². The second-order valence-corrected chi connectivity index (χ2v) is 6.90. The smallest absolute Gasteiger partial charge is 0.418 e. The second kappa shape index (κ2) is 7.43. The first-order valence-corrected chi connectivity index (χ1v) is 8.66. The fourth-order valence-corrected chi connectivity index (χ4v) is 3.53. The molecule has 9 heteroatoms. The number of anilines is 1. The SMILES string of the molecule is O=C(C[C@H]1SC(c2ccc(O)cc2)=NC1=O)Nc1ccccc1C(F)(F)F. The fourth-order valence-electron chi connectivity index (χ4n) is 2.46. The molecule has 2 amide bonds. The summed E-state index contributed by atoms with van der Waals surface area (Å²) < 4.78 is 39.0. The molecule has 2 aromatic rings. The third-order valence-electron chi connectivity index (χ3n) is 3.73. The summed E-state index contributed by atoms with van der Waals surface area (Å²) in [5, 5.41) is 11.1. The third kappa shape index (κ3) is 4.48. The summed E-state index contributed by atoms with van der Waals surface area (Å²) in [6, 6.07) is 10.7. The number of nitrogens with one attached hydrogen (secondary N) is 1. The average Bonchev–Trinajstić information content (AvgIpc) is 2.95. The highest BCUT2D eigenvalue weighted by atomic mass is 32.2. The van der Waals surface area contributed by atoms with Gasteiger partial charge in [-0.2, -0.15) is 13.2 Å². The molecule has 1 atom stereocenters. The first-order chi connectivity index (χ1) is 12.7. The normalized spacial score (nSPS) is 16.9. The van der Waals surface area contributed by atoms with E-state index in [2.05, 4.69) is 10.3 Å². The summed E-state index contributed by atoms with van der Waals surface area (Å²) in [4.78, 5) is 28.1. The van der Waals surface area contributed by atoms with Gasteiger partial charge in [0.15, 0.2) is 0 Å². The summed E-state index contributed by atoms with van der Waals surface area (Å²) in [5.74, 6) is -1.17. The lowest BCUT2D eigenvalue weighted by molar-refractivity contribution is -0.137. The fraction of sp³-hybridized carbons (Fsp3) is 0.167. The molecule has 0 saturated heterocycles. The number of hydrogen-bond donors (Lipinski definition) is 2. The molecule has 0 bridgehead atoms. The minimum absolute atomic E-state index is 0.0629. The van der Waals surface area contributed by atoms with Crippen LogP contribution >= 0.6 is 11.8 Å². The quantitative estimate of drug-likeness (QED) is 0.826. The Morgan fingerprint density at radius 2 is 1.81 bits per heavy atom. The third-order valence-corrected chi connectivity index (χ3v) is 4.94. The number of hydrogen-bond acceptors (Lipinski definition) is 4. The average molecular weight is 394 g/mol. The van der Waals surface area contributed by atoms with E-state index in [4.69, 9.17) is 0 Å². The van der Waals surface area contributed by atoms with Crippen LogP contribution in [-0.2, 0) is 15.8 Å². The van der Waals surface area contributed by atoms with Crippen LogP contribution in [0.3, 0.4) is 0 Å². The van der Waals surface area contributed by atoms with E-state index < -0.39 is 28.8 Å². The van der Waals surface area contributed by atoms with E-state index in [-0.39, 0.29) is 17.9 Å². The van der Waals surface area contributed by atoms with Crippen LogP contribution < -0.4 is 5.32 Å². The molecule has 3 rings (SSSR count). The first-order valence-electron chi connectivity index (χ1n) is 7.79. The van der Waals surface area contributed by atoms with Gasteiger partial charge in [-0.1, -0.05) is 23.9 Å². The Morgan fingerprint density at radius 3 is 2.48 bits per heavy atom. The predicted octanol–water partition coefficient (Wildman–Crippen LogP) is 3.83. The van der Waals surface area contributed by atoms with Crippen molar-refractivity contribution in [1.82, 2.24) is 0 Å². The highest BCUT2D eigenvalue weighted by molar-refractivity contribution is 8.16. The number of amides is 2. The number of halogens is 3. The van der Waals surface area contributed by atoms with Gasteiger partial charge in [0.1, 0.15) is 16.0 Å². The number of aromatic hydroxyl groups is 1. The summed E-state index contributed by atoms with van der Waals surface area (Å²) >= 11 is 1.06. The highest BCUT2D eigenvalue weighted by Gasteiger charge is 2.35. The van der Waals surface area contributed by atoms with Gasteiger partial charge in [0.05, 0.1) is 11.3 Å². The molecule has 0 spiro atoms. The van der Waals surface area contributed by atoms with Crippen LogP contribution in [0.25, 0.3) is 0 Å². The minimum Gasteiger partial charge on any atom is -0.508 e. The maximum absolute atomic E-state index is 13.0. The zero-order chi connectivity index (χ0) is 19.6. The molecule has 0 aromatic heterocycles. The summed E-state index contributed by atoms with van der Waals surface area (Å²) in [6.07, 6.45) is -4.91. The Labute approximate surface area is 156 Å². The Bertz CT molecular complexity index is 911. The van der Waals surface area contributed by atoms with Crippen LogP contribution in [0, 0.1) is 0 Å². The van der Waals surface area contributed by atoms with Gasteiger partial charge < -0.3 is 10.4 Å². The van der Waals surface area contributed by atoms with Gasteiger partial charge in [0.25, 0.3) is 5.91 Å². The Kier molecular flexibility index (Phi) is 5.22. The zero-order valence-electron chi connectivity index (χ0n) is 13.7. The Hall–Kier alpha value is -2.81. The number of phenols is 1. The molecule has 5 nitrogen and oxygen atoms in total. The number of nitrogens with zero attached hydrogens (tertiary/aromatic N) is 1. The lowest BCUT2D eigenvalue weighted by Gasteiger charge is -2.14. The number of thioether (sulfide) groups is 1. The molecule has 0 aliphatic carbocycles. The molecule has 27 heavy (non-hydrogen) atoms. The number of rotatable bonds is 4. The molecule has 1 aliphatic rings. The molecule has 2 aromatic carbocycles. The number of carbonyl (C=O) groups excluding carboxylic acids is 2. The largest absolute Gasteiger partial charge is 0.508 e. The standard InChI is InChI=1S/C18H13F3N2O3S/c19-18(20,21)12-3-1-2-4-13(12)22-15(25)9-14-16(26)23-17(27-14)10-5-7-11(24)8-6-10/h1-8,14,24H,9H2,(H,22,25)/t14-/m1/s1. The van der Waals surface area contributed by atoms with Gasteiger partial charge in [-0.3, -0.25) is 9.59 Å². The van der Waals surface area contributed by atoms with Crippen molar-refractivity contribution in [2.24, 2.45) is 4.99 Å². The molecule has 140 valence electrons. The molecule has 0 unspecified atom stereocenters. The molecule has 0 saturated carbocycles. The summed E-state index contributed by atoms with van der Waals surface area (Å²) in [5.41, 5.74) is -0.702. The van der Waals surface area contributed by atoms with Crippen molar-refractivity contribution in [3.05, 3.63) is 59.7 Å². The van der Waals surface area contributed by atoms with Crippen LogP contribution in [0.4, 0.5) is 18.9 Å². The van der Waals surface area contributed by atoms with Crippen LogP contribution in [0.5, 0.6) is 5.75 Å². The van der Waals surface area contributed by atoms with E-state index >= 15 is 0 Å². The van der Waals surface area contributed by atoms with Crippen molar-refractivity contribution in [3.63, 3.8) is 0 Å². The lowest BCUT2D eigenvalue weighted by atomic mass is 10.1. The molecule has 0 radical (unpaired) electrons. The lowest BCUT2D eigenvalue weighted by Crippen LogP contribution is -2.22. The zero-order valence-corrected chi connectivity index (χ0v) is 14.5. The first kappa shape index (κ1) is 19.0. The molecule has 2 N–H and O–H groups in total. The van der Waals surface area contributed by atoms with E-state index in [9.17, 15) is 27.9 Å². The maximum Gasteiger partial charge on any atom is 0.418 e. The van der Waals surface area contributed by atoms with Crippen molar-refractivity contribution >= 4 is 34.3 Å². The van der Waals surface area contributed by atoms with Crippen LogP contribution in [0.1, 0.15) is 17.5 Å². The Morgan fingerprint density at radius 1 is 1.15 bits per heavy atom. The molecule has 0 fully saturated rings. The number of alkyl halides is 3. The number of carbonyl (C=O) groups is 2. The van der Waals surface area contributed by atoms with Gasteiger partial charge >= 0.3 is 6.18 Å². The van der Waals surface area contributed by atoms with Gasteiger partial charge in [0, 0.05) is 12.0 Å². The van der Waals surface area contributed by atoms with Crippen LogP contribution in [0.15, 0.2) is 53.5 Å². The van der Waals surface area contributed by atoms with E-state index in [0.717, 1.165) is 23.9 Å². The van der Waals surface area contributed by atoms with E-state index in [0.29, 0.717) is 10.6 Å². The van der Waals surface area contributed by atoms with E-state index in [1.807, 2.05) is 0 Å². The minimum atomic E-state index is -4.60. The maximum atomic E-state index is 13.0.